The van der Waals surface area contributed by atoms with E-state index in [9.17, 15) is 13.2 Å². The summed E-state index contributed by atoms with van der Waals surface area (Å²) in [5.74, 6) is 0.545. The zero-order chi connectivity index (χ0) is 26.7. The summed E-state index contributed by atoms with van der Waals surface area (Å²) in [6, 6.07) is 20.2. The highest BCUT2D eigenvalue weighted by atomic mass is 79.9. The van der Waals surface area contributed by atoms with Gasteiger partial charge in [0.2, 0.25) is 21.7 Å². The first-order valence-electron chi connectivity index (χ1n) is 11.5. The fourth-order valence-electron chi connectivity index (χ4n) is 4.04. The van der Waals surface area contributed by atoms with Crippen LogP contribution in [0, 0.1) is 13.8 Å². The van der Waals surface area contributed by atoms with E-state index in [1.165, 1.54) is 15.5 Å². The number of hydrogen-bond acceptors (Lipinski definition) is 6. The predicted molar refractivity (Wildman–Crippen MR) is 147 cm³/mol. The number of aryl methyl sites for hydroxylation is 2. The van der Waals surface area contributed by atoms with Gasteiger partial charge in [0, 0.05) is 22.6 Å². The Bertz CT molecular complexity index is 1510. The van der Waals surface area contributed by atoms with Gasteiger partial charge in [-0.05, 0) is 54.8 Å². The second-order valence-corrected chi connectivity index (χ2v) is 11.7. The molecule has 0 aliphatic heterocycles. The number of hydrogen-bond donors (Lipinski definition) is 0. The van der Waals surface area contributed by atoms with Crippen molar-refractivity contribution in [3.05, 3.63) is 99.3 Å². The summed E-state index contributed by atoms with van der Waals surface area (Å²) in [5, 5.41) is 4.01. The van der Waals surface area contributed by atoms with Crippen molar-refractivity contribution < 1.29 is 17.7 Å². The summed E-state index contributed by atoms with van der Waals surface area (Å²) in [7, 11) is -1.87. The number of nitrogens with zero attached hydrogens (tertiary/aromatic N) is 4. The van der Waals surface area contributed by atoms with Crippen molar-refractivity contribution in [2.45, 2.75) is 26.9 Å². The molecule has 0 atom stereocenters. The lowest BCUT2D eigenvalue weighted by Gasteiger charge is -2.26. The largest absolute Gasteiger partial charge is 0.337 e. The summed E-state index contributed by atoms with van der Waals surface area (Å²) < 4.78 is 32.9. The molecule has 3 aromatic carbocycles. The Morgan fingerprint density at radius 3 is 2.24 bits per heavy atom. The zero-order valence-electron chi connectivity index (χ0n) is 21.0. The number of benzene rings is 3. The van der Waals surface area contributed by atoms with E-state index in [0.717, 1.165) is 26.7 Å². The SMILES string of the molecule is Cc1cccc(C)c1N(Cc1ccc(C(=O)N(C)Cc2nc(-c3cccc(Br)c3)no2)cc1)S(C)(=O)=O. The first-order chi connectivity index (χ1) is 17.5. The molecule has 0 aliphatic rings. The molecule has 192 valence electrons. The Morgan fingerprint density at radius 1 is 0.973 bits per heavy atom. The molecule has 0 spiro atoms. The number of anilines is 1. The van der Waals surface area contributed by atoms with Gasteiger partial charge in [-0.3, -0.25) is 9.10 Å². The highest BCUT2D eigenvalue weighted by molar-refractivity contribution is 9.10. The number of sulfonamides is 1. The molecule has 37 heavy (non-hydrogen) atoms. The fourth-order valence-corrected chi connectivity index (χ4v) is 5.44. The molecule has 8 nitrogen and oxygen atoms in total. The molecular formula is C27H27BrN4O4S. The molecule has 0 radical (unpaired) electrons. The number of carbonyl (C=O) groups excluding carboxylic acids is 1. The van der Waals surface area contributed by atoms with Crippen LogP contribution in [-0.4, -0.2) is 42.7 Å². The third kappa shape index (κ3) is 6.26. The Labute approximate surface area is 225 Å². The maximum atomic E-state index is 13.0. The third-order valence-electron chi connectivity index (χ3n) is 5.89. The van der Waals surface area contributed by atoms with E-state index < -0.39 is 10.0 Å². The smallest absolute Gasteiger partial charge is 0.254 e. The minimum Gasteiger partial charge on any atom is -0.337 e. The van der Waals surface area contributed by atoms with Gasteiger partial charge in [0.1, 0.15) is 0 Å². The van der Waals surface area contributed by atoms with Gasteiger partial charge in [-0.1, -0.05) is 63.6 Å². The summed E-state index contributed by atoms with van der Waals surface area (Å²) >= 11 is 3.43. The van der Waals surface area contributed by atoms with Crippen LogP contribution in [-0.2, 0) is 23.1 Å². The number of para-hydroxylation sites is 1. The normalized spacial score (nSPS) is 11.4. The minimum atomic E-state index is -3.52. The number of amides is 1. The summed E-state index contributed by atoms with van der Waals surface area (Å²) in [6.45, 7) is 4.09. The van der Waals surface area contributed by atoms with E-state index in [4.69, 9.17) is 4.52 Å². The van der Waals surface area contributed by atoms with Crippen LogP contribution in [0.2, 0.25) is 0 Å². The summed E-state index contributed by atoms with van der Waals surface area (Å²) in [4.78, 5) is 18.9. The Kier molecular flexibility index (Phi) is 7.79. The molecule has 0 saturated carbocycles. The van der Waals surface area contributed by atoms with Crippen molar-refractivity contribution in [2.75, 3.05) is 17.6 Å². The van der Waals surface area contributed by atoms with Crippen LogP contribution >= 0.6 is 15.9 Å². The van der Waals surface area contributed by atoms with Crippen LogP contribution < -0.4 is 4.31 Å². The van der Waals surface area contributed by atoms with Crippen molar-refractivity contribution in [3.63, 3.8) is 0 Å². The molecule has 1 aromatic heterocycles. The fraction of sp³-hybridized carbons (Fsp3) is 0.222. The van der Waals surface area contributed by atoms with Crippen LogP contribution in [0.1, 0.15) is 32.9 Å². The van der Waals surface area contributed by atoms with Crippen molar-refractivity contribution in [1.82, 2.24) is 15.0 Å². The molecule has 0 aliphatic carbocycles. The predicted octanol–water partition coefficient (Wildman–Crippen LogP) is 5.35. The molecule has 1 amide bonds. The average molecular weight is 584 g/mol. The van der Waals surface area contributed by atoms with Gasteiger partial charge in [0.25, 0.3) is 5.91 Å². The molecular weight excluding hydrogens is 556 g/mol. The number of carbonyl (C=O) groups is 1. The van der Waals surface area contributed by atoms with Crippen LogP contribution in [0.25, 0.3) is 11.4 Å². The lowest BCUT2D eigenvalue weighted by Crippen LogP contribution is -2.30. The molecule has 10 heteroatoms. The van der Waals surface area contributed by atoms with Gasteiger partial charge in [-0.2, -0.15) is 4.98 Å². The molecule has 4 aromatic rings. The highest BCUT2D eigenvalue weighted by Crippen LogP contribution is 2.28. The van der Waals surface area contributed by atoms with Gasteiger partial charge < -0.3 is 9.42 Å². The number of aromatic nitrogens is 2. The Hall–Kier alpha value is -3.50. The van der Waals surface area contributed by atoms with Crippen LogP contribution in [0.3, 0.4) is 0 Å². The monoisotopic (exact) mass is 582 g/mol. The van der Waals surface area contributed by atoms with Crippen molar-refractivity contribution in [2.24, 2.45) is 0 Å². The van der Waals surface area contributed by atoms with E-state index >= 15 is 0 Å². The summed E-state index contributed by atoms with van der Waals surface area (Å²) in [6.07, 6.45) is 1.20. The van der Waals surface area contributed by atoms with Gasteiger partial charge in [-0.15, -0.1) is 0 Å². The van der Waals surface area contributed by atoms with E-state index in [0.29, 0.717) is 23.0 Å². The zero-order valence-corrected chi connectivity index (χ0v) is 23.4. The molecule has 4 rings (SSSR count). The lowest BCUT2D eigenvalue weighted by atomic mass is 10.1. The molecule has 1 heterocycles. The maximum absolute atomic E-state index is 13.0. The maximum Gasteiger partial charge on any atom is 0.254 e. The van der Waals surface area contributed by atoms with Crippen molar-refractivity contribution in [3.8, 4) is 11.4 Å². The molecule has 0 fully saturated rings. The molecule has 0 bridgehead atoms. The molecule has 0 saturated heterocycles. The first-order valence-corrected chi connectivity index (χ1v) is 14.1. The van der Waals surface area contributed by atoms with E-state index in [1.54, 1.807) is 31.3 Å². The van der Waals surface area contributed by atoms with Gasteiger partial charge in [-0.25, -0.2) is 8.42 Å². The molecule has 0 N–H and O–H groups in total. The second-order valence-electron chi connectivity index (χ2n) is 8.89. The van der Waals surface area contributed by atoms with E-state index in [-0.39, 0.29) is 19.0 Å². The Morgan fingerprint density at radius 2 is 1.62 bits per heavy atom. The highest BCUT2D eigenvalue weighted by Gasteiger charge is 2.22. The van der Waals surface area contributed by atoms with E-state index in [2.05, 4.69) is 26.1 Å². The van der Waals surface area contributed by atoms with Crippen LogP contribution in [0.5, 0.6) is 0 Å². The second kappa shape index (κ2) is 10.9. The number of rotatable bonds is 8. The van der Waals surface area contributed by atoms with Crippen LogP contribution in [0.4, 0.5) is 5.69 Å². The van der Waals surface area contributed by atoms with Gasteiger partial charge >= 0.3 is 0 Å². The minimum absolute atomic E-state index is 0.149. The quantitative estimate of drug-likeness (QED) is 0.277. The topological polar surface area (TPSA) is 96.6 Å². The van der Waals surface area contributed by atoms with Gasteiger partial charge in [0.15, 0.2) is 0 Å². The van der Waals surface area contributed by atoms with Crippen molar-refractivity contribution in [1.29, 1.82) is 0 Å². The van der Waals surface area contributed by atoms with E-state index in [1.807, 2.05) is 56.3 Å². The lowest BCUT2D eigenvalue weighted by molar-refractivity contribution is 0.0769. The average Bonchev–Trinajstić information content (AvgIpc) is 3.31. The molecule has 0 unspecified atom stereocenters. The standard InChI is InChI=1S/C27H27BrN4O4S/c1-18-7-5-8-19(2)25(18)32(37(4,34)35)16-20-11-13-21(14-12-20)27(33)31(3)17-24-29-26(30-36-24)22-9-6-10-23(28)15-22/h5-15H,16-17H2,1-4H3. The third-order valence-corrected chi connectivity index (χ3v) is 7.49. The first kappa shape index (κ1) is 26.6. The van der Waals surface area contributed by atoms with Gasteiger partial charge in [0.05, 0.1) is 25.0 Å². The summed E-state index contributed by atoms with van der Waals surface area (Å²) in [5.41, 5.74) is 4.47. The Balaban J connectivity index is 1.46. The number of halogens is 1. The van der Waals surface area contributed by atoms with Crippen molar-refractivity contribution >= 4 is 37.5 Å². The van der Waals surface area contributed by atoms with Crippen LogP contribution in [0.15, 0.2) is 75.7 Å².